The number of anilines is 3. The largest absolute Gasteiger partial charge is 0.457 e. The van der Waals surface area contributed by atoms with Crippen molar-refractivity contribution in [1.29, 1.82) is 0 Å². The van der Waals surface area contributed by atoms with Crippen LogP contribution < -0.4 is 15.8 Å². The summed E-state index contributed by atoms with van der Waals surface area (Å²) in [6, 6.07) is 12.8. The lowest BCUT2D eigenvalue weighted by Crippen LogP contribution is -2.02. The Morgan fingerprint density at radius 2 is 1.78 bits per heavy atom. The first-order chi connectivity index (χ1) is 12.8. The Labute approximate surface area is 166 Å². The van der Waals surface area contributed by atoms with Crippen molar-refractivity contribution >= 4 is 45.3 Å². The standard InChI is InChI=1S/C18H12F2IN3O3/c19-14-6-10(21)4-5-16(14)23-17-9-13(8-15(20)18(17)24(25)26)27-12-3-1-2-11(22)7-12/h1-9,23H,22H2. The first-order valence-corrected chi connectivity index (χ1v) is 8.65. The van der Waals surface area contributed by atoms with Crippen LogP contribution in [0, 0.1) is 25.3 Å². The van der Waals surface area contributed by atoms with Gasteiger partial charge < -0.3 is 15.8 Å². The van der Waals surface area contributed by atoms with E-state index in [1.807, 2.05) is 22.6 Å². The van der Waals surface area contributed by atoms with E-state index in [0.29, 0.717) is 15.0 Å². The van der Waals surface area contributed by atoms with E-state index >= 15 is 0 Å². The Balaban J connectivity index is 2.02. The lowest BCUT2D eigenvalue weighted by molar-refractivity contribution is -0.386. The highest BCUT2D eigenvalue weighted by atomic mass is 127. The van der Waals surface area contributed by atoms with E-state index in [4.69, 9.17) is 10.5 Å². The lowest BCUT2D eigenvalue weighted by Gasteiger charge is -2.12. The molecule has 6 nitrogen and oxygen atoms in total. The number of nitro groups is 1. The molecule has 3 rings (SSSR count). The molecule has 0 bridgehead atoms. The van der Waals surface area contributed by atoms with Crippen LogP contribution in [0.2, 0.25) is 0 Å². The molecule has 3 aromatic rings. The van der Waals surface area contributed by atoms with Gasteiger partial charge in [-0.1, -0.05) is 6.07 Å². The Bertz CT molecular complexity index is 1030. The molecule has 0 atom stereocenters. The van der Waals surface area contributed by atoms with Crippen molar-refractivity contribution in [3.05, 3.63) is 79.9 Å². The van der Waals surface area contributed by atoms with Gasteiger partial charge in [0.1, 0.15) is 23.0 Å². The minimum atomic E-state index is -1.12. The monoisotopic (exact) mass is 483 g/mol. The number of benzene rings is 3. The maximum absolute atomic E-state index is 14.3. The van der Waals surface area contributed by atoms with Crippen molar-refractivity contribution in [3.63, 3.8) is 0 Å². The maximum atomic E-state index is 14.3. The van der Waals surface area contributed by atoms with E-state index < -0.39 is 22.2 Å². The SMILES string of the molecule is Nc1cccc(Oc2cc(F)c([N+](=O)[O-])c(Nc3ccc(I)cc3F)c2)c1. The van der Waals surface area contributed by atoms with E-state index in [9.17, 15) is 18.9 Å². The van der Waals surface area contributed by atoms with E-state index in [1.165, 1.54) is 24.3 Å². The van der Waals surface area contributed by atoms with Gasteiger partial charge in [-0.25, -0.2) is 4.39 Å². The topological polar surface area (TPSA) is 90.4 Å². The molecule has 0 amide bonds. The second kappa shape index (κ2) is 7.74. The fourth-order valence-corrected chi connectivity index (χ4v) is 2.82. The molecule has 9 heteroatoms. The summed E-state index contributed by atoms with van der Waals surface area (Å²) in [6.45, 7) is 0. The molecule has 3 N–H and O–H groups in total. The van der Waals surface area contributed by atoms with Gasteiger partial charge in [-0.3, -0.25) is 10.1 Å². The number of ether oxygens (including phenoxy) is 1. The van der Waals surface area contributed by atoms with Crippen molar-refractivity contribution in [1.82, 2.24) is 0 Å². The second-order valence-electron chi connectivity index (χ2n) is 5.48. The second-order valence-corrected chi connectivity index (χ2v) is 6.73. The first kappa shape index (κ1) is 18.8. The van der Waals surface area contributed by atoms with Crippen LogP contribution in [-0.2, 0) is 0 Å². The third-order valence-electron chi connectivity index (χ3n) is 3.51. The average Bonchev–Trinajstić information content (AvgIpc) is 2.56. The van der Waals surface area contributed by atoms with Crippen molar-refractivity contribution in [2.45, 2.75) is 0 Å². The zero-order chi connectivity index (χ0) is 19.6. The summed E-state index contributed by atoms with van der Waals surface area (Å²) < 4.78 is 34.6. The van der Waals surface area contributed by atoms with E-state index in [0.717, 1.165) is 6.07 Å². The fraction of sp³-hybridized carbons (Fsp3) is 0. The Morgan fingerprint density at radius 1 is 1.00 bits per heavy atom. The van der Waals surface area contributed by atoms with Crippen LogP contribution in [0.25, 0.3) is 0 Å². The molecule has 27 heavy (non-hydrogen) atoms. The molecule has 0 fully saturated rings. The predicted molar refractivity (Wildman–Crippen MR) is 106 cm³/mol. The first-order valence-electron chi connectivity index (χ1n) is 7.57. The number of nitro benzene ring substituents is 1. The number of rotatable bonds is 5. The summed E-state index contributed by atoms with van der Waals surface area (Å²) in [5, 5.41) is 13.8. The maximum Gasteiger partial charge on any atom is 0.328 e. The van der Waals surface area contributed by atoms with E-state index in [1.54, 1.807) is 24.3 Å². The summed E-state index contributed by atoms with van der Waals surface area (Å²) in [5.74, 6) is -1.42. The third-order valence-corrected chi connectivity index (χ3v) is 4.18. The number of halogens is 3. The van der Waals surface area contributed by atoms with Crippen LogP contribution >= 0.6 is 22.6 Å². The molecule has 0 aromatic heterocycles. The highest BCUT2D eigenvalue weighted by Crippen LogP contribution is 2.37. The van der Waals surface area contributed by atoms with Gasteiger partial charge in [0.05, 0.1) is 10.6 Å². The van der Waals surface area contributed by atoms with Crippen LogP contribution in [0.5, 0.6) is 11.5 Å². The number of nitrogens with one attached hydrogen (secondary N) is 1. The van der Waals surface area contributed by atoms with E-state index in [-0.39, 0.29) is 17.1 Å². The summed E-state index contributed by atoms with van der Waals surface area (Å²) in [4.78, 5) is 10.4. The normalized spacial score (nSPS) is 10.5. The van der Waals surface area contributed by atoms with Crippen molar-refractivity contribution in [2.75, 3.05) is 11.1 Å². The van der Waals surface area contributed by atoms with Gasteiger partial charge in [0, 0.05) is 27.5 Å². The summed E-state index contributed by atoms with van der Waals surface area (Å²) in [6.07, 6.45) is 0. The van der Waals surface area contributed by atoms with Gasteiger partial charge in [0.2, 0.25) is 5.82 Å². The molecule has 3 aromatic carbocycles. The third kappa shape index (κ3) is 4.42. The van der Waals surface area contributed by atoms with Gasteiger partial charge in [0.15, 0.2) is 0 Å². The van der Waals surface area contributed by atoms with Gasteiger partial charge in [-0.15, -0.1) is 0 Å². The molecule has 0 heterocycles. The Kier molecular flexibility index (Phi) is 5.40. The summed E-state index contributed by atoms with van der Waals surface area (Å²) in [7, 11) is 0. The molecule has 0 aliphatic rings. The summed E-state index contributed by atoms with van der Waals surface area (Å²) in [5.41, 5.74) is 5.03. The zero-order valence-electron chi connectivity index (χ0n) is 13.6. The van der Waals surface area contributed by atoms with Gasteiger partial charge in [0.25, 0.3) is 0 Å². The van der Waals surface area contributed by atoms with Crippen LogP contribution in [0.1, 0.15) is 0 Å². The highest BCUT2D eigenvalue weighted by molar-refractivity contribution is 14.1. The Morgan fingerprint density at radius 3 is 2.44 bits per heavy atom. The van der Waals surface area contributed by atoms with Crippen LogP contribution in [0.3, 0.4) is 0 Å². The quantitative estimate of drug-likeness (QED) is 0.214. The number of nitrogens with zero attached hydrogens (tertiary/aromatic N) is 1. The number of nitrogens with two attached hydrogens (primary N) is 1. The number of hydrogen-bond donors (Lipinski definition) is 2. The van der Waals surface area contributed by atoms with Crippen molar-refractivity contribution < 1.29 is 18.4 Å². The lowest BCUT2D eigenvalue weighted by atomic mass is 10.2. The van der Waals surface area contributed by atoms with Gasteiger partial charge >= 0.3 is 5.69 Å². The van der Waals surface area contributed by atoms with Crippen LogP contribution in [-0.4, -0.2) is 4.92 Å². The molecule has 0 aliphatic carbocycles. The minimum absolute atomic E-state index is 0.00267. The minimum Gasteiger partial charge on any atom is -0.457 e. The van der Waals surface area contributed by atoms with Crippen LogP contribution in [0.4, 0.5) is 31.5 Å². The molecular weight excluding hydrogens is 471 g/mol. The summed E-state index contributed by atoms with van der Waals surface area (Å²) >= 11 is 1.93. The molecule has 138 valence electrons. The number of nitrogen functional groups attached to an aromatic ring is 1. The average molecular weight is 483 g/mol. The van der Waals surface area contributed by atoms with Gasteiger partial charge in [-0.2, -0.15) is 4.39 Å². The van der Waals surface area contributed by atoms with Gasteiger partial charge in [-0.05, 0) is 52.9 Å². The fourth-order valence-electron chi connectivity index (χ4n) is 2.36. The highest BCUT2D eigenvalue weighted by Gasteiger charge is 2.23. The smallest absolute Gasteiger partial charge is 0.328 e. The van der Waals surface area contributed by atoms with Crippen LogP contribution in [0.15, 0.2) is 54.6 Å². The Hall–Kier alpha value is -2.95. The molecule has 0 spiro atoms. The van der Waals surface area contributed by atoms with Crippen molar-refractivity contribution in [3.8, 4) is 11.5 Å². The predicted octanol–water partition coefficient (Wildman–Crippen LogP) is 5.60. The molecule has 0 saturated heterocycles. The zero-order valence-corrected chi connectivity index (χ0v) is 15.7. The molecule has 0 saturated carbocycles. The molecule has 0 unspecified atom stereocenters. The van der Waals surface area contributed by atoms with E-state index in [2.05, 4.69) is 5.32 Å². The molecular formula is C18H12F2IN3O3. The molecule has 0 radical (unpaired) electrons. The molecule has 0 aliphatic heterocycles. The van der Waals surface area contributed by atoms with Crippen molar-refractivity contribution in [2.24, 2.45) is 0 Å². The number of hydrogen-bond acceptors (Lipinski definition) is 5.